The van der Waals surface area contributed by atoms with Gasteiger partial charge in [-0.05, 0) is 37.6 Å². The van der Waals surface area contributed by atoms with E-state index in [1.165, 1.54) is 4.88 Å². The van der Waals surface area contributed by atoms with Crippen LogP contribution in [0.25, 0.3) is 0 Å². The van der Waals surface area contributed by atoms with Crippen LogP contribution >= 0.6 is 35.3 Å². The number of ether oxygens (including phenoxy) is 1. The van der Waals surface area contributed by atoms with Crippen molar-refractivity contribution >= 4 is 41.3 Å². The molecule has 0 amide bonds. The van der Waals surface area contributed by atoms with Gasteiger partial charge in [-0.1, -0.05) is 6.07 Å². The van der Waals surface area contributed by atoms with Gasteiger partial charge in [0.1, 0.15) is 0 Å². The zero-order valence-electron chi connectivity index (χ0n) is 12.9. The average molecular weight is 423 g/mol. The van der Waals surface area contributed by atoms with Crippen molar-refractivity contribution < 1.29 is 4.74 Å². The smallest absolute Gasteiger partial charge is 0.193 e. The summed E-state index contributed by atoms with van der Waals surface area (Å²) >= 11 is 1.81. The largest absolute Gasteiger partial charge is 0.378 e. The molecule has 6 heteroatoms. The van der Waals surface area contributed by atoms with Gasteiger partial charge < -0.3 is 15.0 Å². The lowest BCUT2D eigenvalue weighted by Gasteiger charge is -2.34. The second-order valence-corrected chi connectivity index (χ2v) is 5.98. The molecular formula is C15H26IN3OS. The predicted octanol–water partition coefficient (Wildman–Crippen LogP) is 2.98. The Morgan fingerprint density at radius 2 is 2.24 bits per heavy atom. The van der Waals surface area contributed by atoms with Crippen LogP contribution < -0.4 is 5.32 Å². The molecule has 0 aromatic carbocycles. The Labute approximate surface area is 149 Å². The number of piperidine rings is 1. The molecule has 120 valence electrons. The molecular weight excluding hydrogens is 397 g/mol. The van der Waals surface area contributed by atoms with E-state index in [0.29, 0.717) is 6.10 Å². The van der Waals surface area contributed by atoms with E-state index in [2.05, 4.69) is 39.6 Å². The fourth-order valence-corrected chi connectivity index (χ4v) is 3.26. The molecule has 1 N–H and O–H groups in total. The number of hydrogen-bond acceptors (Lipinski definition) is 3. The first-order valence-electron chi connectivity index (χ1n) is 7.43. The first kappa shape index (κ1) is 18.7. The van der Waals surface area contributed by atoms with Gasteiger partial charge >= 0.3 is 0 Å². The molecule has 0 bridgehead atoms. The van der Waals surface area contributed by atoms with Gasteiger partial charge in [0.15, 0.2) is 5.96 Å². The fourth-order valence-electron chi connectivity index (χ4n) is 2.55. The molecule has 0 radical (unpaired) electrons. The number of rotatable bonds is 5. The van der Waals surface area contributed by atoms with Gasteiger partial charge in [-0.15, -0.1) is 35.3 Å². The Morgan fingerprint density at radius 3 is 2.81 bits per heavy atom. The Hall–Kier alpha value is -0.340. The van der Waals surface area contributed by atoms with Gasteiger partial charge in [-0.3, -0.25) is 4.99 Å². The average Bonchev–Trinajstić information content (AvgIpc) is 2.98. The zero-order chi connectivity index (χ0) is 14.2. The SMILES string of the molecule is CCOC1CCN(C(=NC)NCCc2cccs2)CC1.I. The van der Waals surface area contributed by atoms with Crippen LogP contribution in [0.15, 0.2) is 22.5 Å². The van der Waals surface area contributed by atoms with E-state index < -0.39 is 0 Å². The predicted molar refractivity (Wildman–Crippen MR) is 101 cm³/mol. The van der Waals surface area contributed by atoms with Crippen LogP contribution in [0.5, 0.6) is 0 Å². The molecule has 21 heavy (non-hydrogen) atoms. The summed E-state index contributed by atoms with van der Waals surface area (Å²) in [5, 5.41) is 5.59. The van der Waals surface area contributed by atoms with Crippen LogP contribution in [0.3, 0.4) is 0 Å². The lowest BCUT2D eigenvalue weighted by Crippen LogP contribution is -2.47. The maximum absolute atomic E-state index is 5.69. The maximum atomic E-state index is 5.69. The van der Waals surface area contributed by atoms with Crippen molar-refractivity contribution in [2.75, 3.05) is 33.3 Å². The van der Waals surface area contributed by atoms with E-state index in [9.17, 15) is 0 Å². The van der Waals surface area contributed by atoms with Gasteiger partial charge in [-0.25, -0.2) is 0 Å². The molecule has 0 spiro atoms. The molecule has 2 rings (SSSR count). The first-order chi connectivity index (χ1) is 9.83. The standard InChI is InChI=1S/C15H25N3OS.HI/c1-3-19-13-7-10-18(11-8-13)15(16-2)17-9-6-14-5-4-12-20-14;/h4-5,12-13H,3,6-11H2,1-2H3,(H,16,17);1H. The highest BCUT2D eigenvalue weighted by atomic mass is 127. The maximum Gasteiger partial charge on any atom is 0.193 e. The minimum Gasteiger partial charge on any atom is -0.378 e. The highest BCUT2D eigenvalue weighted by Crippen LogP contribution is 2.14. The molecule has 0 atom stereocenters. The molecule has 0 unspecified atom stereocenters. The van der Waals surface area contributed by atoms with Gasteiger partial charge in [0.25, 0.3) is 0 Å². The van der Waals surface area contributed by atoms with E-state index in [0.717, 1.165) is 51.5 Å². The molecule has 1 saturated heterocycles. The summed E-state index contributed by atoms with van der Waals surface area (Å²) in [7, 11) is 1.86. The minimum absolute atomic E-state index is 0. The van der Waals surface area contributed by atoms with Crippen LogP contribution in [0.1, 0.15) is 24.6 Å². The summed E-state index contributed by atoms with van der Waals surface area (Å²) in [5.74, 6) is 1.02. The van der Waals surface area contributed by atoms with Crippen LogP contribution in [-0.2, 0) is 11.2 Å². The highest BCUT2D eigenvalue weighted by Gasteiger charge is 2.21. The quantitative estimate of drug-likeness (QED) is 0.450. The number of likely N-dealkylation sites (tertiary alicyclic amines) is 1. The molecule has 1 fully saturated rings. The Balaban J connectivity index is 0.00000220. The van der Waals surface area contributed by atoms with Crippen molar-refractivity contribution in [1.82, 2.24) is 10.2 Å². The summed E-state index contributed by atoms with van der Waals surface area (Å²) in [4.78, 5) is 8.15. The van der Waals surface area contributed by atoms with E-state index in [1.807, 2.05) is 18.4 Å². The van der Waals surface area contributed by atoms with Crippen molar-refractivity contribution in [3.05, 3.63) is 22.4 Å². The molecule has 0 aliphatic carbocycles. The van der Waals surface area contributed by atoms with Crippen molar-refractivity contribution in [2.45, 2.75) is 32.3 Å². The highest BCUT2D eigenvalue weighted by molar-refractivity contribution is 14.0. The lowest BCUT2D eigenvalue weighted by molar-refractivity contribution is 0.0264. The van der Waals surface area contributed by atoms with E-state index in [-0.39, 0.29) is 24.0 Å². The fraction of sp³-hybridized carbons (Fsp3) is 0.667. The number of nitrogens with one attached hydrogen (secondary N) is 1. The second kappa shape index (κ2) is 10.4. The van der Waals surface area contributed by atoms with Gasteiger partial charge in [-0.2, -0.15) is 0 Å². The normalized spacial score (nSPS) is 16.7. The van der Waals surface area contributed by atoms with Crippen LogP contribution in [0.2, 0.25) is 0 Å². The van der Waals surface area contributed by atoms with Crippen molar-refractivity contribution in [2.24, 2.45) is 4.99 Å². The van der Waals surface area contributed by atoms with E-state index in [4.69, 9.17) is 4.74 Å². The minimum atomic E-state index is 0. The molecule has 1 aromatic heterocycles. The number of guanidine groups is 1. The van der Waals surface area contributed by atoms with Gasteiger partial charge in [0, 0.05) is 38.2 Å². The summed E-state index contributed by atoms with van der Waals surface area (Å²) in [6, 6.07) is 4.29. The molecule has 1 aromatic rings. The van der Waals surface area contributed by atoms with Crippen LogP contribution in [0, 0.1) is 0 Å². The van der Waals surface area contributed by atoms with E-state index in [1.54, 1.807) is 0 Å². The number of thiophene rings is 1. The summed E-state index contributed by atoms with van der Waals surface area (Å²) < 4.78 is 5.69. The second-order valence-electron chi connectivity index (χ2n) is 4.95. The van der Waals surface area contributed by atoms with Crippen molar-refractivity contribution in [3.63, 3.8) is 0 Å². The Kier molecular flexibility index (Phi) is 9.26. The van der Waals surface area contributed by atoms with Crippen molar-refractivity contribution in [3.8, 4) is 0 Å². The number of hydrogen-bond donors (Lipinski definition) is 1. The third kappa shape index (κ3) is 6.12. The first-order valence-corrected chi connectivity index (χ1v) is 8.31. The third-order valence-electron chi connectivity index (χ3n) is 3.59. The van der Waals surface area contributed by atoms with E-state index >= 15 is 0 Å². The third-order valence-corrected chi connectivity index (χ3v) is 4.53. The van der Waals surface area contributed by atoms with Gasteiger partial charge in [0.05, 0.1) is 6.10 Å². The molecule has 1 aliphatic heterocycles. The summed E-state index contributed by atoms with van der Waals surface area (Å²) in [6.45, 7) is 5.89. The van der Waals surface area contributed by atoms with Crippen LogP contribution in [-0.4, -0.2) is 50.3 Å². The Morgan fingerprint density at radius 1 is 1.48 bits per heavy atom. The zero-order valence-corrected chi connectivity index (χ0v) is 16.0. The Bertz CT molecular complexity index is 403. The number of nitrogens with zero attached hydrogens (tertiary/aromatic N) is 2. The lowest BCUT2D eigenvalue weighted by atomic mass is 10.1. The van der Waals surface area contributed by atoms with Gasteiger partial charge in [0.2, 0.25) is 0 Å². The summed E-state index contributed by atoms with van der Waals surface area (Å²) in [6.07, 6.45) is 3.69. The topological polar surface area (TPSA) is 36.9 Å². The molecule has 2 heterocycles. The number of halogens is 1. The number of aliphatic imine (C=N–C) groups is 1. The summed E-state index contributed by atoms with van der Waals surface area (Å²) in [5.41, 5.74) is 0. The molecule has 4 nitrogen and oxygen atoms in total. The monoisotopic (exact) mass is 423 g/mol. The molecule has 0 saturated carbocycles. The van der Waals surface area contributed by atoms with Crippen LogP contribution in [0.4, 0.5) is 0 Å². The van der Waals surface area contributed by atoms with Crippen molar-refractivity contribution in [1.29, 1.82) is 0 Å². The molecule has 1 aliphatic rings.